The molecule has 252 valence electrons. The van der Waals surface area contributed by atoms with Gasteiger partial charge in [0.1, 0.15) is 16.8 Å². The van der Waals surface area contributed by atoms with E-state index in [1.807, 2.05) is 12.1 Å². The number of fused-ring (bicyclic) bond motifs is 16. The second-order valence-electron chi connectivity index (χ2n) is 15.0. The molecule has 0 saturated heterocycles. The molecule has 0 fully saturated rings. The summed E-state index contributed by atoms with van der Waals surface area (Å²) in [5.74, 6) is 1.04. The molecule has 0 radical (unpaired) electrons. The molecule has 5 nitrogen and oxygen atoms in total. The average molecular weight is 691 g/mol. The molecule has 0 saturated carbocycles. The van der Waals surface area contributed by atoms with Gasteiger partial charge in [0.15, 0.2) is 5.58 Å². The van der Waals surface area contributed by atoms with Crippen molar-refractivity contribution in [1.29, 1.82) is 0 Å². The number of rotatable bonds is 2. The van der Waals surface area contributed by atoms with Crippen LogP contribution in [-0.2, 0) is 0 Å². The van der Waals surface area contributed by atoms with Gasteiger partial charge < -0.3 is 8.82 Å². The van der Waals surface area contributed by atoms with Crippen molar-refractivity contribution in [3.8, 4) is 17.2 Å². The van der Waals surface area contributed by atoms with Crippen LogP contribution in [0.4, 0.5) is 0 Å². The third-order valence-corrected chi connectivity index (χ3v) is 12.0. The largest absolute Gasteiger partial charge is 0.452 e. The Bertz CT molecular complexity index is 3620. The smallest absolute Gasteiger partial charge is 0.236 e. The number of para-hydroxylation sites is 2. The fourth-order valence-electron chi connectivity index (χ4n) is 9.72. The van der Waals surface area contributed by atoms with E-state index in [1.165, 1.54) is 65.4 Å². The minimum absolute atomic E-state index is 0.411. The van der Waals surface area contributed by atoms with Crippen molar-refractivity contribution in [2.24, 2.45) is 0 Å². The summed E-state index contributed by atoms with van der Waals surface area (Å²) < 4.78 is 11.5. The average Bonchev–Trinajstić information content (AvgIpc) is 3.96. The zero-order valence-electron chi connectivity index (χ0n) is 29.3. The van der Waals surface area contributed by atoms with E-state index in [9.17, 15) is 0 Å². The van der Waals surface area contributed by atoms with Crippen LogP contribution in [0, 0.1) is 0 Å². The van der Waals surface area contributed by atoms with Crippen molar-refractivity contribution >= 4 is 98.7 Å². The molecular formula is C49H30N4O. The van der Waals surface area contributed by atoms with Crippen LogP contribution < -0.4 is 0 Å². The van der Waals surface area contributed by atoms with Gasteiger partial charge in [-0.2, -0.15) is 0 Å². The van der Waals surface area contributed by atoms with Crippen LogP contribution in [0.25, 0.3) is 116 Å². The Kier molecular flexibility index (Phi) is 5.36. The summed E-state index contributed by atoms with van der Waals surface area (Å²) in [6.45, 7) is 2.37. The van der Waals surface area contributed by atoms with Gasteiger partial charge in [-0.1, -0.05) is 116 Å². The quantitative estimate of drug-likeness (QED) is 0.181. The van der Waals surface area contributed by atoms with Gasteiger partial charge >= 0.3 is 0 Å². The number of furan rings is 1. The minimum Gasteiger partial charge on any atom is -0.452 e. The van der Waals surface area contributed by atoms with E-state index in [0.717, 1.165) is 50.6 Å². The van der Waals surface area contributed by atoms with Crippen molar-refractivity contribution < 1.29 is 4.42 Å². The molecule has 5 heteroatoms. The van der Waals surface area contributed by atoms with Crippen LogP contribution in [0.1, 0.15) is 30.5 Å². The topological polar surface area (TPSA) is 48.3 Å². The predicted molar refractivity (Wildman–Crippen MR) is 223 cm³/mol. The van der Waals surface area contributed by atoms with Gasteiger partial charge in [-0.3, -0.25) is 4.57 Å². The van der Waals surface area contributed by atoms with Gasteiger partial charge in [-0.05, 0) is 70.5 Å². The summed E-state index contributed by atoms with van der Waals surface area (Å²) in [6, 6.07) is 47.8. The van der Waals surface area contributed by atoms with Gasteiger partial charge in [0, 0.05) is 43.3 Å². The van der Waals surface area contributed by atoms with Crippen LogP contribution in [0.5, 0.6) is 0 Å². The van der Waals surface area contributed by atoms with E-state index < -0.39 is 0 Å². The Labute approximate surface area is 308 Å². The van der Waals surface area contributed by atoms with Gasteiger partial charge in [-0.15, -0.1) is 0 Å². The first-order chi connectivity index (χ1) is 26.7. The predicted octanol–water partition coefficient (Wildman–Crippen LogP) is 13.0. The first-order valence-corrected chi connectivity index (χ1v) is 18.7. The second-order valence-corrected chi connectivity index (χ2v) is 15.0. The van der Waals surface area contributed by atoms with E-state index in [4.69, 9.17) is 14.4 Å². The fourth-order valence-corrected chi connectivity index (χ4v) is 9.72. The van der Waals surface area contributed by atoms with Crippen molar-refractivity contribution in [3.63, 3.8) is 0 Å². The lowest BCUT2D eigenvalue weighted by Gasteiger charge is -2.16. The summed E-state index contributed by atoms with van der Waals surface area (Å²) >= 11 is 0. The summed E-state index contributed by atoms with van der Waals surface area (Å²) in [4.78, 5) is 11.0. The highest BCUT2D eigenvalue weighted by Crippen LogP contribution is 2.50. The summed E-state index contributed by atoms with van der Waals surface area (Å²) in [5.41, 5.74) is 11.5. The van der Waals surface area contributed by atoms with Crippen molar-refractivity contribution in [1.82, 2.24) is 18.9 Å². The molecule has 5 heterocycles. The van der Waals surface area contributed by atoms with E-state index in [1.54, 1.807) is 0 Å². The lowest BCUT2D eigenvalue weighted by atomic mass is 9.89. The Morgan fingerprint density at radius 3 is 2.28 bits per heavy atom. The normalized spacial score (nSPS) is 14.8. The maximum Gasteiger partial charge on any atom is 0.236 e. The molecule has 13 rings (SSSR count). The van der Waals surface area contributed by atoms with Crippen molar-refractivity contribution in [2.45, 2.75) is 19.3 Å². The van der Waals surface area contributed by atoms with Gasteiger partial charge in [0.05, 0.1) is 27.8 Å². The summed E-state index contributed by atoms with van der Waals surface area (Å²) in [5, 5.41) is 12.0. The van der Waals surface area contributed by atoms with E-state index in [0.29, 0.717) is 17.4 Å². The Hall–Kier alpha value is -6.98. The molecule has 1 aliphatic carbocycles. The molecule has 1 atom stereocenters. The Balaban J connectivity index is 1.25. The molecule has 0 spiro atoms. The molecule has 1 aliphatic rings. The van der Waals surface area contributed by atoms with Crippen LogP contribution in [0.2, 0.25) is 0 Å². The van der Waals surface area contributed by atoms with Crippen LogP contribution in [-0.4, -0.2) is 18.9 Å². The monoisotopic (exact) mass is 690 g/mol. The lowest BCUT2D eigenvalue weighted by Crippen LogP contribution is -2.03. The number of hydrogen-bond donors (Lipinski definition) is 0. The fraction of sp³-hybridized carbons (Fsp3) is 0.0612. The van der Waals surface area contributed by atoms with Gasteiger partial charge in [0.25, 0.3) is 0 Å². The van der Waals surface area contributed by atoms with E-state index in [-0.39, 0.29) is 0 Å². The van der Waals surface area contributed by atoms with Gasteiger partial charge in [0.2, 0.25) is 5.95 Å². The number of allylic oxidation sites excluding steroid dienone is 1. The first kappa shape index (κ1) is 28.6. The Morgan fingerprint density at radius 2 is 1.37 bits per heavy atom. The molecule has 5 aromatic heterocycles. The highest BCUT2D eigenvalue weighted by atomic mass is 16.3. The minimum atomic E-state index is 0.411. The van der Waals surface area contributed by atoms with Crippen LogP contribution in [0.15, 0.2) is 144 Å². The molecule has 54 heavy (non-hydrogen) atoms. The maximum absolute atomic E-state index is 6.61. The highest BCUT2D eigenvalue weighted by Gasteiger charge is 2.30. The highest BCUT2D eigenvalue weighted by molar-refractivity contribution is 6.33. The molecule has 12 aromatic rings. The van der Waals surface area contributed by atoms with Crippen LogP contribution >= 0.6 is 0 Å². The van der Waals surface area contributed by atoms with Crippen molar-refractivity contribution in [3.05, 3.63) is 151 Å². The van der Waals surface area contributed by atoms with E-state index in [2.05, 4.69) is 149 Å². The van der Waals surface area contributed by atoms with Gasteiger partial charge in [-0.25, -0.2) is 9.97 Å². The number of hydrogen-bond acceptors (Lipinski definition) is 3. The van der Waals surface area contributed by atoms with Crippen molar-refractivity contribution in [2.75, 3.05) is 0 Å². The molecule has 0 aliphatic heterocycles. The number of aromatic nitrogens is 4. The Morgan fingerprint density at radius 1 is 0.611 bits per heavy atom. The molecule has 0 N–H and O–H groups in total. The number of benzene rings is 7. The molecule has 1 unspecified atom stereocenters. The first-order valence-electron chi connectivity index (χ1n) is 18.7. The van der Waals surface area contributed by atoms with E-state index >= 15 is 0 Å². The summed E-state index contributed by atoms with van der Waals surface area (Å²) in [6.07, 6.45) is 5.73. The molecular weight excluding hydrogens is 661 g/mol. The molecule has 0 amide bonds. The second kappa shape index (κ2) is 10.1. The SMILES string of the molecule is CC1CC=Cc2c1c1cc3c4ccccc4n(-c4nc(-c5ccc6ccccc6c5)c5oc6ccccc6c5n4)c3c3c4ccc5ccccc5c4n2c13. The molecule has 0 bridgehead atoms. The zero-order valence-corrected chi connectivity index (χ0v) is 29.3. The molecule has 7 aromatic carbocycles. The maximum atomic E-state index is 6.61. The summed E-state index contributed by atoms with van der Waals surface area (Å²) in [7, 11) is 0. The lowest BCUT2D eigenvalue weighted by molar-refractivity contribution is 0.666. The van der Waals surface area contributed by atoms with Crippen LogP contribution in [0.3, 0.4) is 0 Å². The number of nitrogens with zero attached hydrogens (tertiary/aromatic N) is 4. The zero-order chi connectivity index (χ0) is 35.2. The third kappa shape index (κ3) is 3.54. The standard InChI is InChI=1S/C49H30N4O/c1-27-11-10-19-39-41(27)37-26-36-33-16-6-8-18-38(33)53(46(36)42-35-24-23-29-13-4-5-15-32(29)45(35)52(39)47(37)42)49-50-43(31-22-21-28-12-2-3-14-30(28)25-31)48-44(51-49)34-17-7-9-20-40(34)54-48/h2-10,12-27H,11H2,1H3. The third-order valence-electron chi connectivity index (χ3n) is 12.0.